The summed E-state index contributed by atoms with van der Waals surface area (Å²) in [5.41, 5.74) is 0. The Bertz CT molecular complexity index is 176. The first kappa shape index (κ1) is 13.7. The Hall–Kier alpha value is 0.620. The molecule has 0 bridgehead atoms. The van der Waals surface area contributed by atoms with Gasteiger partial charge in [0.15, 0.2) is 0 Å². The topological polar surface area (TPSA) is 32.3 Å². The minimum absolute atomic E-state index is 0.267. The summed E-state index contributed by atoms with van der Waals surface area (Å²) in [6.07, 6.45) is 4.67. The third kappa shape index (κ3) is 4.17. The fourth-order valence-corrected chi connectivity index (χ4v) is 3.81. The van der Waals surface area contributed by atoms with Crippen LogP contribution in [-0.4, -0.2) is 46.3 Å². The van der Waals surface area contributed by atoms with Crippen LogP contribution >= 0.6 is 23.5 Å². The lowest BCUT2D eigenvalue weighted by Crippen LogP contribution is -2.48. The van der Waals surface area contributed by atoms with Gasteiger partial charge in [-0.3, -0.25) is 0 Å². The second-order valence-corrected chi connectivity index (χ2v) is 6.80. The third-order valence-electron chi connectivity index (χ3n) is 3.12. The van der Waals surface area contributed by atoms with Crippen molar-refractivity contribution in [3.63, 3.8) is 0 Å². The van der Waals surface area contributed by atoms with Gasteiger partial charge in [0, 0.05) is 22.6 Å². The van der Waals surface area contributed by atoms with Crippen LogP contribution in [0.2, 0.25) is 0 Å². The summed E-state index contributed by atoms with van der Waals surface area (Å²) in [6.45, 7) is 4.76. The van der Waals surface area contributed by atoms with Crippen molar-refractivity contribution in [2.24, 2.45) is 0 Å². The maximum absolute atomic E-state index is 9.23. The van der Waals surface area contributed by atoms with Crippen LogP contribution in [0.5, 0.6) is 0 Å². The van der Waals surface area contributed by atoms with Crippen molar-refractivity contribution >= 4 is 23.5 Å². The van der Waals surface area contributed by atoms with Gasteiger partial charge in [0.05, 0.1) is 6.61 Å². The van der Waals surface area contributed by atoms with Gasteiger partial charge in [-0.05, 0) is 31.8 Å². The molecule has 2 N–H and O–H groups in total. The van der Waals surface area contributed by atoms with Crippen LogP contribution in [0.15, 0.2) is 0 Å². The smallest absolute Gasteiger partial charge is 0.0564 e. The summed E-state index contributed by atoms with van der Waals surface area (Å²) in [5, 5.41) is 13.9. The molecule has 15 heavy (non-hydrogen) atoms. The SMILES string of the molecule is CSC(CO)C(C)NC1CCCSC1C. The molecule has 0 aromatic carbocycles. The normalized spacial score (nSPS) is 31.2. The molecular formula is C11H23NOS2. The third-order valence-corrected chi connectivity index (χ3v) is 5.67. The number of hydrogen-bond donors (Lipinski definition) is 2. The zero-order valence-corrected chi connectivity index (χ0v) is 11.5. The Morgan fingerprint density at radius 3 is 2.87 bits per heavy atom. The molecule has 0 aromatic rings. The molecule has 1 rings (SSSR count). The minimum atomic E-state index is 0.267. The highest BCUT2D eigenvalue weighted by molar-refractivity contribution is 8.00. The van der Waals surface area contributed by atoms with Crippen molar-refractivity contribution in [1.82, 2.24) is 5.32 Å². The van der Waals surface area contributed by atoms with Gasteiger partial charge in [-0.1, -0.05) is 6.92 Å². The van der Waals surface area contributed by atoms with Gasteiger partial charge in [0.1, 0.15) is 0 Å². The van der Waals surface area contributed by atoms with Gasteiger partial charge in [-0.2, -0.15) is 23.5 Å². The number of hydrogen-bond acceptors (Lipinski definition) is 4. The number of nitrogens with one attached hydrogen (secondary N) is 1. The summed E-state index contributed by atoms with van der Waals surface area (Å²) in [7, 11) is 0. The van der Waals surface area contributed by atoms with Crippen LogP contribution < -0.4 is 5.32 Å². The summed E-state index contributed by atoms with van der Waals surface area (Å²) in [5.74, 6) is 1.31. The van der Waals surface area contributed by atoms with Crippen molar-refractivity contribution in [3.8, 4) is 0 Å². The Kier molecular flexibility index (Phi) is 6.43. The summed E-state index contributed by atoms with van der Waals surface area (Å²) < 4.78 is 0. The van der Waals surface area contributed by atoms with E-state index in [0.717, 1.165) is 0 Å². The predicted molar refractivity (Wildman–Crippen MR) is 71.9 cm³/mol. The van der Waals surface area contributed by atoms with E-state index in [1.165, 1.54) is 18.6 Å². The Morgan fingerprint density at radius 1 is 1.60 bits per heavy atom. The van der Waals surface area contributed by atoms with E-state index in [0.29, 0.717) is 22.6 Å². The maximum Gasteiger partial charge on any atom is 0.0564 e. The highest BCUT2D eigenvalue weighted by Crippen LogP contribution is 2.26. The summed E-state index contributed by atoms with van der Waals surface area (Å²) in [4.78, 5) is 0. The van der Waals surface area contributed by atoms with Crippen molar-refractivity contribution < 1.29 is 5.11 Å². The summed E-state index contributed by atoms with van der Waals surface area (Å²) in [6, 6.07) is 1.02. The van der Waals surface area contributed by atoms with E-state index in [-0.39, 0.29) is 6.61 Å². The second-order valence-electron chi connectivity index (χ2n) is 4.24. The van der Waals surface area contributed by atoms with Crippen LogP contribution in [0, 0.1) is 0 Å². The van der Waals surface area contributed by atoms with Crippen LogP contribution in [0.1, 0.15) is 26.7 Å². The number of aliphatic hydroxyl groups is 1. The van der Waals surface area contributed by atoms with E-state index in [4.69, 9.17) is 0 Å². The van der Waals surface area contributed by atoms with E-state index in [2.05, 4.69) is 37.2 Å². The Labute approximate surface area is 102 Å². The van der Waals surface area contributed by atoms with E-state index < -0.39 is 0 Å². The molecule has 4 unspecified atom stereocenters. The van der Waals surface area contributed by atoms with E-state index in [9.17, 15) is 5.11 Å². The van der Waals surface area contributed by atoms with Gasteiger partial charge in [0.25, 0.3) is 0 Å². The standard InChI is InChI=1S/C11H23NOS2/c1-8(11(7-13)14-3)12-10-5-4-6-15-9(10)2/h8-13H,4-7H2,1-3H3. The first-order chi connectivity index (χ1) is 7.19. The molecule has 0 amide bonds. The second kappa shape index (κ2) is 7.05. The van der Waals surface area contributed by atoms with Gasteiger partial charge >= 0.3 is 0 Å². The zero-order chi connectivity index (χ0) is 11.3. The van der Waals surface area contributed by atoms with Gasteiger partial charge in [-0.25, -0.2) is 0 Å². The van der Waals surface area contributed by atoms with E-state index >= 15 is 0 Å². The highest BCUT2D eigenvalue weighted by Gasteiger charge is 2.25. The quantitative estimate of drug-likeness (QED) is 0.780. The van der Waals surface area contributed by atoms with Gasteiger partial charge in [0.2, 0.25) is 0 Å². The molecule has 0 spiro atoms. The zero-order valence-electron chi connectivity index (χ0n) is 9.90. The lowest BCUT2D eigenvalue weighted by molar-refractivity contribution is 0.267. The molecule has 0 aliphatic carbocycles. The molecule has 90 valence electrons. The number of thioether (sulfide) groups is 2. The monoisotopic (exact) mass is 249 g/mol. The molecule has 4 atom stereocenters. The molecule has 2 nitrogen and oxygen atoms in total. The van der Waals surface area contributed by atoms with Crippen molar-refractivity contribution in [3.05, 3.63) is 0 Å². The minimum Gasteiger partial charge on any atom is -0.395 e. The molecule has 1 saturated heterocycles. The predicted octanol–water partition coefficient (Wildman–Crippen LogP) is 1.97. The molecular weight excluding hydrogens is 226 g/mol. The number of rotatable bonds is 5. The summed E-state index contributed by atoms with van der Waals surface area (Å²) >= 11 is 3.81. The molecule has 1 aliphatic heterocycles. The maximum atomic E-state index is 9.23. The molecule has 1 aliphatic rings. The fraction of sp³-hybridized carbons (Fsp3) is 1.00. The first-order valence-corrected chi connectivity index (χ1v) is 8.04. The van der Waals surface area contributed by atoms with Crippen LogP contribution in [0.25, 0.3) is 0 Å². The largest absolute Gasteiger partial charge is 0.395 e. The lowest BCUT2D eigenvalue weighted by Gasteiger charge is -2.33. The van der Waals surface area contributed by atoms with Crippen molar-refractivity contribution in [2.45, 2.75) is 49.3 Å². The lowest BCUT2D eigenvalue weighted by atomic mass is 10.1. The van der Waals surface area contributed by atoms with Crippen LogP contribution in [0.4, 0.5) is 0 Å². The Morgan fingerprint density at radius 2 is 2.33 bits per heavy atom. The molecule has 0 aromatic heterocycles. The molecule has 1 heterocycles. The van der Waals surface area contributed by atoms with Gasteiger partial charge < -0.3 is 10.4 Å². The molecule has 1 fully saturated rings. The average molecular weight is 249 g/mol. The first-order valence-electron chi connectivity index (χ1n) is 5.70. The van der Waals surface area contributed by atoms with E-state index in [1.807, 2.05) is 0 Å². The molecule has 0 radical (unpaired) electrons. The van der Waals surface area contributed by atoms with E-state index in [1.54, 1.807) is 11.8 Å². The van der Waals surface area contributed by atoms with Gasteiger partial charge in [-0.15, -0.1) is 0 Å². The van der Waals surface area contributed by atoms with Crippen LogP contribution in [0.3, 0.4) is 0 Å². The Balaban J connectivity index is 2.38. The number of aliphatic hydroxyl groups excluding tert-OH is 1. The fourth-order valence-electron chi connectivity index (χ4n) is 2.02. The molecule has 0 saturated carbocycles. The molecule has 4 heteroatoms. The average Bonchev–Trinajstić information content (AvgIpc) is 2.23. The van der Waals surface area contributed by atoms with Crippen molar-refractivity contribution in [2.75, 3.05) is 18.6 Å². The van der Waals surface area contributed by atoms with Crippen molar-refractivity contribution in [1.29, 1.82) is 0 Å². The van der Waals surface area contributed by atoms with Crippen LogP contribution in [-0.2, 0) is 0 Å². The highest BCUT2D eigenvalue weighted by atomic mass is 32.2.